The highest BCUT2D eigenvalue weighted by Gasteiger charge is 2.08. The van der Waals surface area contributed by atoms with Gasteiger partial charge in [-0.1, -0.05) is 30.3 Å². The van der Waals surface area contributed by atoms with Crippen molar-refractivity contribution in [1.82, 2.24) is 0 Å². The molecular formula is C20H16N2O5. The van der Waals surface area contributed by atoms with E-state index in [0.717, 1.165) is 5.56 Å². The summed E-state index contributed by atoms with van der Waals surface area (Å²) in [6.45, 7) is 0.454. The van der Waals surface area contributed by atoms with E-state index in [1.54, 1.807) is 24.3 Å². The number of nitro benzene ring substituents is 1. The maximum absolute atomic E-state index is 11.9. The van der Waals surface area contributed by atoms with Gasteiger partial charge in [0.2, 0.25) is 0 Å². The van der Waals surface area contributed by atoms with Crippen LogP contribution in [0.5, 0.6) is 11.5 Å². The van der Waals surface area contributed by atoms with Crippen molar-refractivity contribution in [2.45, 2.75) is 6.61 Å². The van der Waals surface area contributed by atoms with Crippen LogP contribution in [0.3, 0.4) is 0 Å². The molecule has 0 radical (unpaired) electrons. The zero-order valence-electron chi connectivity index (χ0n) is 14.2. The van der Waals surface area contributed by atoms with Crippen molar-refractivity contribution in [3.63, 3.8) is 0 Å². The van der Waals surface area contributed by atoms with Crippen LogP contribution >= 0.6 is 0 Å². The van der Waals surface area contributed by atoms with Crippen molar-refractivity contribution in [1.29, 1.82) is 0 Å². The van der Waals surface area contributed by atoms with E-state index in [1.807, 2.05) is 30.3 Å². The van der Waals surface area contributed by atoms with Gasteiger partial charge in [-0.2, -0.15) is 0 Å². The van der Waals surface area contributed by atoms with Crippen LogP contribution in [0.2, 0.25) is 0 Å². The van der Waals surface area contributed by atoms with Crippen molar-refractivity contribution in [3.05, 3.63) is 94.5 Å². The predicted octanol–water partition coefficient (Wildman–Crippen LogP) is 4.78. The number of nitrogens with one attached hydrogen (secondary N) is 1. The van der Waals surface area contributed by atoms with Gasteiger partial charge in [0.05, 0.1) is 4.92 Å². The summed E-state index contributed by atoms with van der Waals surface area (Å²) in [5.74, 6) is 0.883. The molecule has 7 nitrogen and oxygen atoms in total. The summed E-state index contributed by atoms with van der Waals surface area (Å²) in [4.78, 5) is 22.0. The molecule has 0 saturated carbocycles. The molecule has 0 aromatic heterocycles. The van der Waals surface area contributed by atoms with E-state index in [1.165, 1.54) is 24.3 Å². The number of carbonyl (C=O) groups excluding carboxylic acids is 1. The van der Waals surface area contributed by atoms with Gasteiger partial charge in [0.15, 0.2) is 0 Å². The lowest BCUT2D eigenvalue weighted by Gasteiger charge is -2.09. The van der Waals surface area contributed by atoms with E-state index in [0.29, 0.717) is 18.0 Å². The van der Waals surface area contributed by atoms with E-state index >= 15 is 0 Å². The van der Waals surface area contributed by atoms with Crippen LogP contribution in [0.25, 0.3) is 0 Å². The molecule has 3 aromatic rings. The molecule has 27 heavy (non-hydrogen) atoms. The normalized spacial score (nSPS) is 10.1. The standard InChI is InChI=1S/C20H16N2O5/c23-20(27-19-12-8-17(9-13-19)22(24)25)21-16-6-10-18(11-7-16)26-14-15-4-2-1-3-5-15/h1-13H,14H2,(H,21,23). The number of anilines is 1. The maximum atomic E-state index is 11.9. The largest absolute Gasteiger partial charge is 0.489 e. The van der Waals surface area contributed by atoms with Gasteiger partial charge in [0, 0.05) is 17.8 Å². The molecule has 0 aliphatic heterocycles. The van der Waals surface area contributed by atoms with Crippen LogP contribution in [0.15, 0.2) is 78.9 Å². The minimum absolute atomic E-state index is 0.0751. The van der Waals surface area contributed by atoms with Crippen molar-refractivity contribution < 1.29 is 19.2 Å². The molecule has 7 heteroatoms. The lowest BCUT2D eigenvalue weighted by atomic mass is 10.2. The van der Waals surface area contributed by atoms with Gasteiger partial charge in [0.25, 0.3) is 5.69 Å². The van der Waals surface area contributed by atoms with Crippen molar-refractivity contribution >= 4 is 17.5 Å². The molecule has 136 valence electrons. The third-order valence-corrected chi connectivity index (χ3v) is 3.61. The molecule has 0 aliphatic carbocycles. The summed E-state index contributed by atoms with van der Waals surface area (Å²) < 4.78 is 10.8. The average molecular weight is 364 g/mol. The second kappa shape index (κ2) is 8.48. The Morgan fingerprint density at radius 1 is 0.889 bits per heavy atom. The highest BCUT2D eigenvalue weighted by atomic mass is 16.6. The number of rotatable bonds is 6. The lowest BCUT2D eigenvalue weighted by molar-refractivity contribution is -0.384. The van der Waals surface area contributed by atoms with Crippen LogP contribution in [0.4, 0.5) is 16.2 Å². The van der Waals surface area contributed by atoms with Crippen LogP contribution in [0, 0.1) is 10.1 Å². The number of hydrogen-bond donors (Lipinski definition) is 1. The molecule has 0 atom stereocenters. The zero-order chi connectivity index (χ0) is 19.1. The molecule has 0 aliphatic rings. The Morgan fingerprint density at radius 3 is 2.15 bits per heavy atom. The maximum Gasteiger partial charge on any atom is 0.417 e. The van der Waals surface area contributed by atoms with Crippen molar-refractivity contribution in [2.24, 2.45) is 0 Å². The van der Waals surface area contributed by atoms with Gasteiger partial charge in [-0.05, 0) is 42.0 Å². The second-order valence-electron chi connectivity index (χ2n) is 5.56. The molecule has 1 N–H and O–H groups in total. The topological polar surface area (TPSA) is 90.7 Å². The van der Waals surface area contributed by atoms with Gasteiger partial charge < -0.3 is 9.47 Å². The first kappa shape index (κ1) is 17.9. The molecule has 0 heterocycles. The number of nitrogens with zero attached hydrogens (tertiary/aromatic N) is 1. The van der Waals surface area contributed by atoms with Crippen LogP contribution in [-0.2, 0) is 6.61 Å². The first-order valence-corrected chi connectivity index (χ1v) is 8.10. The molecule has 1 amide bonds. The van der Waals surface area contributed by atoms with E-state index in [-0.39, 0.29) is 11.4 Å². The Kier molecular flexibility index (Phi) is 5.64. The zero-order valence-corrected chi connectivity index (χ0v) is 14.2. The molecule has 0 saturated heterocycles. The highest BCUT2D eigenvalue weighted by molar-refractivity contribution is 5.86. The number of carbonyl (C=O) groups is 1. The fourth-order valence-corrected chi connectivity index (χ4v) is 2.26. The van der Waals surface area contributed by atoms with Gasteiger partial charge in [-0.15, -0.1) is 0 Å². The summed E-state index contributed by atoms with van der Waals surface area (Å²) in [6.07, 6.45) is -0.693. The van der Waals surface area contributed by atoms with Gasteiger partial charge in [0.1, 0.15) is 18.1 Å². The SMILES string of the molecule is O=C(Nc1ccc(OCc2ccccc2)cc1)Oc1ccc([N+](=O)[O-])cc1. The number of ether oxygens (including phenoxy) is 2. The van der Waals surface area contributed by atoms with Crippen LogP contribution in [-0.4, -0.2) is 11.0 Å². The van der Waals surface area contributed by atoms with Gasteiger partial charge in [-0.3, -0.25) is 15.4 Å². The van der Waals surface area contributed by atoms with E-state index in [2.05, 4.69) is 5.32 Å². The minimum atomic E-state index is -0.693. The quantitative estimate of drug-likeness (QED) is 0.502. The van der Waals surface area contributed by atoms with E-state index in [9.17, 15) is 14.9 Å². The third kappa shape index (κ3) is 5.30. The Labute approximate surface area is 155 Å². The minimum Gasteiger partial charge on any atom is -0.489 e. The predicted molar refractivity (Wildman–Crippen MR) is 100.0 cm³/mol. The Balaban J connectivity index is 1.51. The summed E-state index contributed by atoms with van der Waals surface area (Å²) in [7, 11) is 0. The van der Waals surface area contributed by atoms with Crippen molar-refractivity contribution in [2.75, 3.05) is 5.32 Å². The molecule has 3 aromatic carbocycles. The van der Waals surface area contributed by atoms with Crippen molar-refractivity contribution in [3.8, 4) is 11.5 Å². The van der Waals surface area contributed by atoms with Gasteiger partial charge >= 0.3 is 6.09 Å². The van der Waals surface area contributed by atoms with E-state index in [4.69, 9.17) is 9.47 Å². The summed E-state index contributed by atoms with van der Waals surface area (Å²) in [5.41, 5.74) is 1.52. The lowest BCUT2D eigenvalue weighted by Crippen LogP contribution is -2.16. The summed E-state index contributed by atoms with van der Waals surface area (Å²) >= 11 is 0. The van der Waals surface area contributed by atoms with Crippen LogP contribution < -0.4 is 14.8 Å². The summed E-state index contributed by atoms with van der Waals surface area (Å²) in [6, 6.07) is 21.9. The average Bonchev–Trinajstić information content (AvgIpc) is 2.68. The first-order chi connectivity index (χ1) is 13.1. The van der Waals surface area contributed by atoms with Crippen LogP contribution in [0.1, 0.15) is 5.56 Å². The Hall–Kier alpha value is -3.87. The summed E-state index contributed by atoms with van der Waals surface area (Å²) in [5, 5.41) is 13.2. The third-order valence-electron chi connectivity index (χ3n) is 3.61. The molecule has 0 bridgehead atoms. The smallest absolute Gasteiger partial charge is 0.417 e. The Bertz CT molecular complexity index is 909. The highest BCUT2D eigenvalue weighted by Crippen LogP contribution is 2.19. The molecular weight excluding hydrogens is 348 g/mol. The number of hydrogen-bond acceptors (Lipinski definition) is 5. The first-order valence-electron chi connectivity index (χ1n) is 8.10. The number of benzene rings is 3. The molecule has 0 unspecified atom stereocenters. The van der Waals surface area contributed by atoms with Gasteiger partial charge in [-0.25, -0.2) is 4.79 Å². The molecule has 0 fully saturated rings. The number of non-ortho nitro benzene ring substituents is 1. The van der Waals surface area contributed by atoms with E-state index < -0.39 is 11.0 Å². The second-order valence-corrected chi connectivity index (χ2v) is 5.56. The fraction of sp³-hybridized carbons (Fsp3) is 0.0500. The number of nitro groups is 1. The number of amides is 1. The Morgan fingerprint density at radius 2 is 1.52 bits per heavy atom. The molecule has 3 rings (SSSR count). The molecule has 0 spiro atoms. The fourth-order valence-electron chi connectivity index (χ4n) is 2.26. The monoisotopic (exact) mass is 364 g/mol.